The van der Waals surface area contributed by atoms with Crippen molar-refractivity contribution in [1.82, 2.24) is 9.73 Å². The number of hydrogen-bond acceptors (Lipinski definition) is 4. The van der Waals surface area contributed by atoms with Crippen molar-refractivity contribution in [3.63, 3.8) is 0 Å². The normalized spacial score (nSPS) is 11.8. The van der Waals surface area contributed by atoms with Gasteiger partial charge < -0.3 is 5.43 Å². The van der Waals surface area contributed by atoms with E-state index in [9.17, 15) is 8.42 Å². The van der Waals surface area contributed by atoms with Gasteiger partial charge in [0.15, 0.2) is 0 Å². The summed E-state index contributed by atoms with van der Waals surface area (Å²) in [5, 5.41) is 1.70. The molecule has 96 valence electrons. The summed E-state index contributed by atoms with van der Waals surface area (Å²) >= 11 is 0. The van der Waals surface area contributed by atoms with Crippen LogP contribution in [0, 0.1) is 0 Å². The summed E-state index contributed by atoms with van der Waals surface area (Å²) in [6.07, 6.45) is 0.766. The summed E-state index contributed by atoms with van der Waals surface area (Å²) in [5.74, 6) is 0. The van der Waals surface area contributed by atoms with Gasteiger partial charge in [0.1, 0.15) is 4.90 Å². The number of nitrogens with zero attached hydrogens (tertiary/aromatic N) is 1. The average molecular weight is 257 g/mol. The number of nitrogens with one attached hydrogen (secondary N) is 2. The van der Waals surface area contributed by atoms with Crippen LogP contribution in [0.4, 0.5) is 5.69 Å². The van der Waals surface area contributed by atoms with Gasteiger partial charge in [0.25, 0.3) is 0 Å². The van der Waals surface area contributed by atoms with Gasteiger partial charge in [0.2, 0.25) is 10.0 Å². The summed E-state index contributed by atoms with van der Waals surface area (Å²) in [4.78, 5) is 0.266. The predicted molar refractivity (Wildman–Crippen MR) is 69.2 cm³/mol. The predicted octanol–water partition coefficient (Wildman–Crippen LogP) is 1.26. The standard InChI is InChI=1S/C11H19N3O2S/c1-4-9-12-17(15,16)11-8-6-5-7-10(11)13-14(2)3/h5-8,12-13H,4,9H2,1-3H3. The van der Waals surface area contributed by atoms with Gasteiger partial charge in [-0.25, -0.2) is 18.1 Å². The number of para-hydroxylation sites is 1. The van der Waals surface area contributed by atoms with Crippen molar-refractivity contribution in [2.45, 2.75) is 18.2 Å². The van der Waals surface area contributed by atoms with Crippen LogP contribution in [0.25, 0.3) is 0 Å². The first kappa shape index (κ1) is 14.0. The monoisotopic (exact) mass is 257 g/mol. The van der Waals surface area contributed by atoms with Gasteiger partial charge in [-0.05, 0) is 18.6 Å². The van der Waals surface area contributed by atoms with Crippen molar-refractivity contribution in [1.29, 1.82) is 0 Å². The molecule has 1 aromatic carbocycles. The van der Waals surface area contributed by atoms with Gasteiger partial charge in [-0.1, -0.05) is 19.1 Å². The van der Waals surface area contributed by atoms with Crippen LogP contribution in [0.1, 0.15) is 13.3 Å². The van der Waals surface area contributed by atoms with Crippen molar-refractivity contribution < 1.29 is 8.42 Å². The molecule has 1 rings (SSSR count). The third kappa shape index (κ3) is 3.99. The summed E-state index contributed by atoms with van der Waals surface area (Å²) in [6.45, 7) is 2.37. The van der Waals surface area contributed by atoms with Crippen molar-refractivity contribution >= 4 is 15.7 Å². The van der Waals surface area contributed by atoms with Gasteiger partial charge in [-0.3, -0.25) is 0 Å². The van der Waals surface area contributed by atoms with E-state index in [1.807, 2.05) is 21.0 Å². The second kappa shape index (κ2) is 6.00. The molecule has 2 N–H and O–H groups in total. The summed E-state index contributed by atoms with van der Waals surface area (Å²) in [7, 11) is 0.179. The molecule has 0 aliphatic rings. The summed E-state index contributed by atoms with van der Waals surface area (Å²) in [6, 6.07) is 6.83. The number of rotatable bonds is 6. The van der Waals surface area contributed by atoms with Gasteiger partial charge in [-0.15, -0.1) is 0 Å². The van der Waals surface area contributed by atoms with E-state index in [1.165, 1.54) is 0 Å². The second-order valence-corrected chi connectivity index (χ2v) is 5.64. The first-order chi connectivity index (χ1) is 7.97. The Balaban J connectivity index is 3.04. The molecule has 0 radical (unpaired) electrons. The Morgan fingerprint density at radius 3 is 2.47 bits per heavy atom. The molecule has 1 aromatic rings. The summed E-state index contributed by atoms with van der Waals surface area (Å²) in [5.41, 5.74) is 3.54. The zero-order valence-electron chi connectivity index (χ0n) is 10.4. The number of anilines is 1. The molecule has 0 amide bonds. The number of hydrogen-bond donors (Lipinski definition) is 2. The van der Waals surface area contributed by atoms with Crippen LogP contribution in [0.2, 0.25) is 0 Å². The Morgan fingerprint density at radius 2 is 1.88 bits per heavy atom. The quantitative estimate of drug-likeness (QED) is 0.753. The SMILES string of the molecule is CCCNS(=O)(=O)c1ccccc1NN(C)C. The van der Waals surface area contributed by atoms with Crippen LogP contribution in [0.3, 0.4) is 0 Å². The molecule has 0 fully saturated rings. The Kier molecular flexibility index (Phi) is 4.92. The van der Waals surface area contributed by atoms with Crippen LogP contribution in [0.15, 0.2) is 29.2 Å². The highest BCUT2D eigenvalue weighted by atomic mass is 32.2. The van der Waals surface area contributed by atoms with E-state index < -0.39 is 10.0 Å². The first-order valence-electron chi connectivity index (χ1n) is 5.50. The minimum atomic E-state index is -3.44. The molecule has 0 aliphatic carbocycles. The molecule has 0 unspecified atom stereocenters. The highest BCUT2D eigenvalue weighted by molar-refractivity contribution is 7.89. The number of benzene rings is 1. The molecule has 0 saturated heterocycles. The smallest absolute Gasteiger partial charge is 0.242 e. The zero-order chi connectivity index (χ0) is 12.9. The average Bonchev–Trinajstić information content (AvgIpc) is 2.26. The van der Waals surface area contributed by atoms with Gasteiger partial charge in [0.05, 0.1) is 5.69 Å². The van der Waals surface area contributed by atoms with E-state index >= 15 is 0 Å². The molecule has 0 atom stereocenters. The van der Waals surface area contributed by atoms with E-state index in [0.29, 0.717) is 12.2 Å². The number of sulfonamides is 1. The van der Waals surface area contributed by atoms with E-state index in [1.54, 1.807) is 29.3 Å². The zero-order valence-corrected chi connectivity index (χ0v) is 11.2. The van der Waals surface area contributed by atoms with E-state index in [2.05, 4.69) is 10.1 Å². The lowest BCUT2D eigenvalue weighted by Gasteiger charge is -2.17. The fourth-order valence-corrected chi connectivity index (χ4v) is 2.64. The Bertz CT molecular complexity index is 458. The molecular weight excluding hydrogens is 238 g/mol. The molecule has 6 heteroatoms. The fraction of sp³-hybridized carbons (Fsp3) is 0.455. The van der Waals surface area contributed by atoms with Crippen molar-refractivity contribution in [2.24, 2.45) is 0 Å². The molecular formula is C11H19N3O2S. The van der Waals surface area contributed by atoms with Crippen molar-refractivity contribution in [3.8, 4) is 0 Å². The third-order valence-electron chi connectivity index (χ3n) is 2.06. The molecule has 0 saturated carbocycles. The first-order valence-corrected chi connectivity index (χ1v) is 6.98. The minimum absolute atomic E-state index is 0.266. The van der Waals surface area contributed by atoms with Gasteiger partial charge in [0, 0.05) is 20.6 Å². The van der Waals surface area contributed by atoms with Crippen LogP contribution in [-0.2, 0) is 10.0 Å². The molecule has 0 aliphatic heterocycles. The topological polar surface area (TPSA) is 61.4 Å². The van der Waals surface area contributed by atoms with Crippen molar-refractivity contribution in [3.05, 3.63) is 24.3 Å². The maximum absolute atomic E-state index is 12.0. The van der Waals surface area contributed by atoms with E-state index in [4.69, 9.17) is 0 Å². The lowest BCUT2D eigenvalue weighted by molar-refractivity contribution is 0.493. The molecule has 5 nitrogen and oxygen atoms in total. The Labute approximate surface area is 103 Å². The molecule has 0 aromatic heterocycles. The van der Waals surface area contributed by atoms with Crippen LogP contribution in [0.5, 0.6) is 0 Å². The maximum atomic E-state index is 12.0. The van der Waals surface area contributed by atoms with Crippen LogP contribution < -0.4 is 10.1 Å². The number of hydrazine groups is 1. The molecule has 0 spiro atoms. The van der Waals surface area contributed by atoms with Gasteiger partial charge >= 0.3 is 0 Å². The Hall–Kier alpha value is -1.11. The largest absolute Gasteiger partial charge is 0.318 e. The van der Waals surface area contributed by atoms with Crippen LogP contribution in [-0.4, -0.2) is 34.1 Å². The molecule has 0 bridgehead atoms. The Morgan fingerprint density at radius 1 is 1.24 bits per heavy atom. The molecule has 17 heavy (non-hydrogen) atoms. The molecule has 0 heterocycles. The fourth-order valence-electron chi connectivity index (χ4n) is 1.35. The third-order valence-corrected chi connectivity index (χ3v) is 3.58. The lowest BCUT2D eigenvalue weighted by atomic mass is 10.3. The van der Waals surface area contributed by atoms with E-state index in [0.717, 1.165) is 6.42 Å². The van der Waals surface area contributed by atoms with E-state index in [-0.39, 0.29) is 4.90 Å². The highest BCUT2D eigenvalue weighted by Crippen LogP contribution is 2.20. The van der Waals surface area contributed by atoms with Gasteiger partial charge in [-0.2, -0.15) is 0 Å². The lowest BCUT2D eigenvalue weighted by Crippen LogP contribution is -2.27. The maximum Gasteiger partial charge on any atom is 0.242 e. The minimum Gasteiger partial charge on any atom is -0.318 e. The summed E-state index contributed by atoms with van der Waals surface area (Å²) < 4.78 is 26.6. The highest BCUT2D eigenvalue weighted by Gasteiger charge is 2.17. The van der Waals surface area contributed by atoms with Crippen molar-refractivity contribution in [2.75, 3.05) is 26.1 Å². The second-order valence-electron chi connectivity index (χ2n) is 3.90. The van der Waals surface area contributed by atoms with Crippen LogP contribution >= 0.6 is 0 Å².